The van der Waals surface area contributed by atoms with Gasteiger partial charge in [-0.15, -0.1) is 0 Å². The van der Waals surface area contributed by atoms with Crippen molar-refractivity contribution in [3.05, 3.63) is 29.8 Å². The maximum atomic E-state index is 11.8. The van der Waals surface area contributed by atoms with Crippen molar-refractivity contribution in [3.8, 4) is 0 Å². The fourth-order valence-corrected chi connectivity index (χ4v) is 2.05. The summed E-state index contributed by atoms with van der Waals surface area (Å²) in [6.45, 7) is 0.599. The molecule has 0 saturated carbocycles. The fraction of sp³-hybridized carbons (Fsp3) is 0.438. The van der Waals surface area contributed by atoms with Crippen LogP contribution in [-0.4, -0.2) is 37.2 Å². The number of methoxy groups -OCH3 is 1. The van der Waals surface area contributed by atoms with Gasteiger partial charge in [0.1, 0.15) is 0 Å². The molecule has 7 heteroatoms. The Morgan fingerprint density at radius 1 is 1.13 bits per heavy atom. The third-order valence-corrected chi connectivity index (χ3v) is 3.40. The van der Waals surface area contributed by atoms with Gasteiger partial charge in [-0.05, 0) is 31.0 Å². The van der Waals surface area contributed by atoms with Gasteiger partial charge in [0, 0.05) is 18.7 Å². The molecule has 23 heavy (non-hydrogen) atoms. The van der Waals surface area contributed by atoms with Crippen LogP contribution in [0.15, 0.2) is 24.3 Å². The summed E-state index contributed by atoms with van der Waals surface area (Å²) in [6.07, 6.45) is 2.80. The van der Waals surface area contributed by atoms with Gasteiger partial charge in [0.15, 0.2) is 0 Å². The Hall–Kier alpha value is -2.02. The van der Waals surface area contributed by atoms with Crippen LogP contribution in [-0.2, 0) is 14.3 Å². The molecule has 2 N–H and O–H groups in total. The SMILES string of the molecule is COC(=O)c1cccc(NC(=O)CCCCCNC(=O)CS)c1. The molecule has 2 amide bonds. The molecule has 0 spiro atoms. The molecule has 0 aliphatic heterocycles. The Balaban J connectivity index is 2.26. The highest BCUT2D eigenvalue weighted by Gasteiger charge is 2.07. The van der Waals surface area contributed by atoms with E-state index < -0.39 is 5.97 Å². The van der Waals surface area contributed by atoms with E-state index in [1.807, 2.05) is 0 Å². The summed E-state index contributed by atoms with van der Waals surface area (Å²) in [5.41, 5.74) is 0.962. The zero-order valence-corrected chi connectivity index (χ0v) is 14.0. The van der Waals surface area contributed by atoms with Crippen LogP contribution in [0.4, 0.5) is 5.69 Å². The molecule has 1 aromatic carbocycles. The highest BCUT2D eigenvalue weighted by Crippen LogP contribution is 2.12. The lowest BCUT2D eigenvalue weighted by atomic mass is 10.1. The predicted molar refractivity (Wildman–Crippen MR) is 91.7 cm³/mol. The summed E-state index contributed by atoms with van der Waals surface area (Å²) in [4.78, 5) is 34.2. The second-order valence-corrected chi connectivity index (χ2v) is 5.26. The molecule has 0 unspecified atom stereocenters. The van der Waals surface area contributed by atoms with Crippen LogP contribution in [0.1, 0.15) is 36.0 Å². The molecule has 0 aromatic heterocycles. The molecule has 0 saturated heterocycles. The first kappa shape index (κ1) is 19.0. The van der Waals surface area contributed by atoms with Gasteiger partial charge in [0.25, 0.3) is 0 Å². The van der Waals surface area contributed by atoms with Crippen molar-refractivity contribution in [2.24, 2.45) is 0 Å². The third kappa shape index (κ3) is 7.69. The van der Waals surface area contributed by atoms with Crippen LogP contribution >= 0.6 is 12.6 Å². The van der Waals surface area contributed by atoms with Crippen molar-refractivity contribution in [1.29, 1.82) is 0 Å². The molecule has 0 bridgehead atoms. The minimum absolute atomic E-state index is 0.0865. The molecule has 0 fully saturated rings. The van der Waals surface area contributed by atoms with E-state index in [0.29, 0.717) is 24.2 Å². The molecule has 0 aliphatic rings. The maximum absolute atomic E-state index is 11.8. The summed E-state index contributed by atoms with van der Waals surface area (Å²) >= 11 is 3.87. The number of ether oxygens (including phenoxy) is 1. The molecule has 0 heterocycles. The zero-order chi connectivity index (χ0) is 17.1. The number of hydrogen-bond acceptors (Lipinski definition) is 5. The molecular weight excluding hydrogens is 316 g/mol. The number of esters is 1. The number of benzene rings is 1. The van der Waals surface area contributed by atoms with Gasteiger partial charge < -0.3 is 15.4 Å². The lowest BCUT2D eigenvalue weighted by Gasteiger charge is -2.07. The second-order valence-electron chi connectivity index (χ2n) is 4.94. The minimum atomic E-state index is -0.440. The van der Waals surface area contributed by atoms with E-state index in [4.69, 9.17) is 0 Å². The monoisotopic (exact) mass is 338 g/mol. The van der Waals surface area contributed by atoms with Gasteiger partial charge in [0.05, 0.1) is 18.4 Å². The predicted octanol–water partition coefficient (Wildman–Crippen LogP) is 2.02. The molecule has 6 nitrogen and oxygen atoms in total. The standard InChI is InChI=1S/C16H22N2O4S/c1-22-16(21)12-6-5-7-13(10-12)18-14(19)8-3-2-4-9-17-15(20)11-23/h5-7,10,23H,2-4,8-9,11H2,1H3,(H,17,20)(H,18,19). The van der Waals surface area contributed by atoms with Crippen molar-refractivity contribution >= 4 is 36.1 Å². The van der Waals surface area contributed by atoms with Crippen molar-refractivity contribution in [2.75, 3.05) is 24.7 Å². The number of carbonyl (C=O) groups is 3. The molecule has 0 aliphatic carbocycles. The smallest absolute Gasteiger partial charge is 0.337 e. The molecule has 1 aromatic rings. The summed E-state index contributed by atoms with van der Waals surface area (Å²) in [6, 6.07) is 6.61. The highest BCUT2D eigenvalue weighted by atomic mass is 32.1. The van der Waals surface area contributed by atoms with Gasteiger partial charge in [-0.25, -0.2) is 4.79 Å². The Morgan fingerprint density at radius 3 is 2.61 bits per heavy atom. The van der Waals surface area contributed by atoms with E-state index in [0.717, 1.165) is 19.3 Å². The molecule has 126 valence electrons. The molecule has 0 radical (unpaired) electrons. The van der Waals surface area contributed by atoms with Gasteiger partial charge >= 0.3 is 5.97 Å². The number of nitrogens with one attached hydrogen (secondary N) is 2. The first-order valence-electron chi connectivity index (χ1n) is 7.42. The first-order valence-corrected chi connectivity index (χ1v) is 8.06. The highest BCUT2D eigenvalue weighted by molar-refractivity contribution is 7.81. The Morgan fingerprint density at radius 2 is 1.91 bits per heavy atom. The van der Waals surface area contributed by atoms with Crippen LogP contribution in [0.3, 0.4) is 0 Å². The maximum Gasteiger partial charge on any atom is 0.337 e. The van der Waals surface area contributed by atoms with Gasteiger partial charge in [-0.3, -0.25) is 9.59 Å². The van der Waals surface area contributed by atoms with Crippen molar-refractivity contribution in [2.45, 2.75) is 25.7 Å². The van der Waals surface area contributed by atoms with Gasteiger partial charge in [0.2, 0.25) is 11.8 Å². The van der Waals surface area contributed by atoms with E-state index in [1.54, 1.807) is 24.3 Å². The number of unbranched alkanes of at least 4 members (excludes halogenated alkanes) is 2. The van der Waals surface area contributed by atoms with E-state index >= 15 is 0 Å². The summed E-state index contributed by atoms with van der Waals surface area (Å²) in [5.74, 6) is -0.445. The largest absolute Gasteiger partial charge is 0.465 e. The van der Waals surface area contributed by atoms with Crippen LogP contribution in [0.25, 0.3) is 0 Å². The molecule has 1 rings (SSSR count). The second kappa shape index (κ2) is 10.7. The Kier molecular flexibility index (Phi) is 8.82. The number of anilines is 1. The fourth-order valence-electron chi connectivity index (χ4n) is 1.94. The van der Waals surface area contributed by atoms with E-state index in [2.05, 4.69) is 28.0 Å². The average molecular weight is 338 g/mol. The normalized spacial score (nSPS) is 10.0. The summed E-state index contributed by atoms with van der Waals surface area (Å²) in [5, 5.41) is 5.48. The molecular formula is C16H22N2O4S. The lowest BCUT2D eigenvalue weighted by molar-refractivity contribution is -0.118. The number of hydrogen-bond donors (Lipinski definition) is 3. The summed E-state index contributed by atoms with van der Waals surface area (Å²) in [7, 11) is 1.31. The Bertz CT molecular complexity index is 549. The minimum Gasteiger partial charge on any atom is -0.465 e. The summed E-state index contributed by atoms with van der Waals surface area (Å²) < 4.78 is 4.64. The first-order chi connectivity index (χ1) is 11.1. The van der Waals surface area contributed by atoms with Crippen molar-refractivity contribution < 1.29 is 19.1 Å². The van der Waals surface area contributed by atoms with E-state index in [-0.39, 0.29) is 17.6 Å². The average Bonchev–Trinajstić information content (AvgIpc) is 2.57. The molecule has 0 atom stereocenters. The van der Waals surface area contributed by atoms with Crippen LogP contribution < -0.4 is 10.6 Å². The van der Waals surface area contributed by atoms with Crippen LogP contribution in [0, 0.1) is 0 Å². The van der Waals surface area contributed by atoms with Crippen LogP contribution in [0.5, 0.6) is 0 Å². The quantitative estimate of drug-likeness (QED) is 0.365. The van der Waals surface area contributed by atoms with Crippen molar-refractivity contribution in [1.82, 2.24) is 5.32 Å². The van der Waals surface area contributed by atoms with E-state index in [1.165, 1.54) is 7.11 Å². The number of amides is 2. The van der Waals surface area contributed by atoms with Gasteiger partial charge in [-0.2, -0.15) is 12.6 Å². The number of rotatable bonds is 9. The van der Waals surface area contributed by atoms with E-state index in [9.17, 15) is 14.4 Å². The van der Waals surface area contributed by atoms with Crippen molar-refractivity contribution in [3.63, 3.8) is 0 Å². The van der Waals surface area contributed by atoms with Gasteiger partial charge in [-0.1, -0.05) is 12.5 Å². The zero-order valence-electron chi connectivity index (χ0n) is 13.1. The van der Waals surface area contributed by atoms with Crippen LogP contribution in [0.2, 0.25) is 0 Å². The Labute approximate surface area is 141 Å². The third-order valence-electron chi connectivity index (χ3n) is 3.11. The topological polar surface area (TPSA) is 84.5 Å². The number of thiol groups is 1. The number of carbonyl (C=O) groups excluding carboxylic acids is 3. The lowest BCUT2D eigenvalue weighted by Crippen LogP contribution is -2.25.